The summed E-state index contributed by atoms with van der Waals surface area (Å²) in [4.78, 5) is 14.7. The average Bonchev–Trinajstić information content (AvgIpc) is 2.80. The third-order valence-electron chi connectivity index (χ3n) is 3.00. The van der Waals surface area contributed by atoms with Crippen LogP contribution in [0, 0.1) is 0 Å². The van der Waals surface area contributed by atoms with Crippen molar-refractivity contribution in [3.8, 4) is 0 Å². The van der Waals surface area contributed by atoms with Gasteiger partial charge in [0.15, 0.2) is 0 Å². The molecule has 0 bridgehead atoms. The number of carboxylic acid groups (broad SMARTS) is 1. The number of nitrogens with one attached hydrogen (secondary N) is 1. The van der Waals surface area contributed by atoms with E-state index in [9.17, 15) is 4.79 Å². The molecule has 2 rings (SSSR count). The van der Waals surface area contributed by atoms with Gasteiger partial charge in [0.05, 0.1) is 11.3 Å². The lowest BCUT2D eigenvalue weighted by molar-refractivity contribution is 0.0696. The molecule has 16 heavy (non-hydrogen) atoms. The van der Waals surface area contributed by atoms with E-state index in [0.717, 1.165) is 12.2 Å². The molecule has 1 saturated carbocycles. The van der Waals surface area contributed by atoms with Crippen LogP contribution in [0.5, 0.6) is 0 Å². The molecule has 0 aromatic carbocycles. The topological polar surface area (TPSA) is 62.2 Å². The summed E-state index contributed by atoms with van der Waals surface area (Å²) in [5, 5.41) is 12.2. The molecule has 0 radical (unpaired) electrons. The number of carboxylic acids is 1. The maximum Gasteiger partial charge on any atom is 0.337 e. The zero-order chi connectivity index (χ0) is 11.4. The van der Waals surface area contributed by atoms with E-state index in [-0.39, 0.29) is 5.56 Å². The first-order valence-corrected chi connectivity index (χ1v) is 5.67. The van der Waals surface area contributed by atoms with E-state index in [1.54, 1.807) is 12.1 Å². The Labute approximate surface area is 94.7 Å². The van der Waals surface area contributed by atoms with Crippen molar-refractivity contribution in [2.75, 3.05) is 0 Å². The van der Waals surface area contributed by atoms with E-state index in [1.165, 1.54) is 31.9 Å². The molecule has 4 nitrogen and oxygen atoms in total. The molecule has 0 unspecified atom stereocenters. The summed E-state index contributed by atoms with van der Waals surface area (Å²) in [5.74, 6) is -0.928. The number of hydrogen-bond acceptors (Lipinski definition) is 3. The summed E-state index contributed by atoms with van der Waals surface area (Å²) in [6, 6.07) is 3.98. The second-order valence-electron chi connectivity index (χ2n) is 4.21. The fraction of sp³-hybridized carbons (Fsp3) is 0.500. The smallest absolute Gasteiger partial charge is 0.337 e. The molecule has 1 heterocycles. The van der Waals surface area contributed by atoms with E-state index >= 15 is 0 Å². The highest BCUT2D eigenvalue weighted by Gasteiger charge is 2.14. The first-order chi connectivity index (χ1) is 7.75. The fourth-order valence-electron chi connectivity index (χ4n) is 2.03. The predicted molar refractivity (Wildman–Crippen MR) is 60.3 cm³/mol. The number of aromatic carboxylic acids is 1. The molecule has 0 saturated heterocycles. The van der Waals surface area contributed by atoms with Crippen LogP contribution in [0.3, 0.4) is 0 Å². The van der Waals surface area contributed by atoms with Crippen molar-refractivity contribution in [3.63, 3.8) is 0 Å². The van der Waals surface area contributed by atoms with Gasteiger partial charge in [-0.2, -0.15) is 0 Å². The van der Waals surface area contributed by atoms with Gasteiger partial charge in [-0.1, -0.05) is 12.8 Å². The number of hydrogen-bond donors (Lipinski definition) is 2. The number of nitrogens with zero attached hydrogens (tertiary/aromatic N) is 1. The van der Waals surface area contributed by atoms with E-state index in [4.69, 9.17) is 5.11 Å². The van der Waals surface area contributed by atoms with Crippen LogP contribution in [0.2, 0.25) is 0 Å². The summed E-state index contributed by atoms with van der Waals surface area (Å²) < 4.78 is 0. The Balaban J connectivity index is 1.87. The van der Waals surface area contributed by atoms with Crippen LogP contribution in [-0.4, -0.2) is 22.1 Å². The molecule has 86 valence electrons. The van der Waals surface area contributed by atoms with Crippen LogP contribution in [-0.2, 0) is 6.54 Å². The number of aromatic nitrogens is 1. The van der Waals surface area contributed by atoms with Gasteiger partial charge in [0.1, 0.15) is 0 Å². The number of pyridine rings is 1. The Bertz CT molecular complexity index is 356. The van der Waals surface area contributed by atoms with Crippen molar-refractivity contribution in [1.29, 1.82) is 0 Å². The van der Waals surface area contributed by atoms with Gasteiger partial charge in [0.2, 0.25) is 0 Å². The van der Waals surface area contributed by atoms with E-state index in [0.29, 0.717) is 6.04 Å². The maximum atomic E-state index is 10.6. The first-order valence-electron chi connectivity index (χ1n) is 5.67. The Morgan fingerprint density at radius 1 is 1.44 bits per heavy atom. The molecule has 2 N–H and O–H groups in total. The van der Waals surface area contributed by atoms with Crippen molar-refractivity contribution in [1.82, 2.24) is 10.3 Å². The summed E-state index contributed by atoms with van der Waals surface area (Å²) in [7, 11) is 0. The van der Waals surface area contributed by atoms with Crippen LogP contribution < -0.4 is 5.32 Å². The lowest BCUT2D eigenvalue weighted by Crippen LogP contribution is -2.25. The molecule has 1 aliphatic carbocycles. The second-order valence-corrected chi connectivity index (χ2v) is 4.21. The summed E-state index contributed by atoms with van der Waals surface area (Å²) in [6.07, 6.45) is 6.51. The first kappa shape index (κ1) is 11.1. The van der Waals surface area contributed by atoms with Gasteiger partial charge in [-0.25, -0.2) is 4.79 Å². The van der Waals surface area contributed by atoms with Crippen molar-refractivity contribution < 1.29 is 9.90 Å². The van der Waals surface area contributed by atoms with E-state index < -0.39 is 5.97 Å². The van der Waals surface area contributed by atoms with Crippen molar-refractivity contribution in [2.45, 2.75) is 38.3 Å². The van der Waals surface area contributed by atoms with Gasteiger partial charge in [0.25, 0.3) is 0 Å². The van der Waals surface area contributed by atoms with Gasteiger partial charge in [0, 0.05) is 18.8 Å². The zero-order valence-electron chi connectivity index (χ0n) is 9.15. The lowest BCUT2D eigenvalue weighted by Gasteiger charge is -2.10. The standard InChI is InChI=1S/C12H16N2O2/c15-12(16)9-5-6-11(13-7-9)8-14-10-3-1-2-4-10/h5-7,10,14H,1-4,8H2,(H,15,16). The monoisotopic (exact) mass is 220 g/mol. The Kier molecular flexibility index (Phi) is 3.51. The minimum Gasteiger partial charge on any atom is -0.478 e. The third kappa shape index (κ3) is 2.79. The Morgan fingerprint density at radius 3 is 2.75 bits per heavy atom. The number of carbonyl (C=O) groups is 1. The third-order valence-corrected chi connectivity index (χ3v) is 3.00. The highest BCUT2D eigenvalue weighted by molar-refractivity contribution is 5.87. The van der Waals surface area contributed by atoms with E-state index in [1.807, 2.05) is 0 Å². The van der Waals surface area contributed by atoms with Crippen LogP contribution in [0.25, 0.3) is 0 Å². The van der Waals surface area contributed by atoms with E-state index in [2.05, 4.69) is 10.3 Å². The quantitative estimate of drug-likeness (QED) is 0.812. The average molecular weight is 220 g/mol. The van der Waals surface area contributed by atoms with Crippen LogP contribution in [0.1, 0.15) is 41.7 Å². The molecular weight excluding hydrogens is 204 g/mol. The van der Waals surface area contributed by atoms with Crippen LogP contribution in [0.15, 0.2) is 18.3 Å². The highest BCUT2D eigenvalue weighted by atomic mass is 16.4. The molecule has 1 aliphatic rings. The number of rotatable bonds is 4. The molecular formula is C12H16N2O2. The van der Waals surface area contributed by atoms with Gasteiger partial charge in [-0.15, -0.1) is 0 Å². The van der Waals surface area contributed by atoms with Crippen LogP contribution in [0.4, 0.5) is 0 Å². The minimum absolute atomic E-state index is 0.240. The molecule has 4 heteroatoms. The van der Waals surface area contributed by atoms with Gasteiger partial charge >= 0.3 is 5.97 Å². The lowest BCUT2D eigenvalue weighted by atomic mass is 10.2. The zero-order valence-corrected chi connectivity index (χ0v) is 9.15. The largest absolute Gasteiger partial charge is 0.478 e. The molecule has 1 fully saturated rings. The second kappa shape index (κ2) is 5.07. The highest BCUT2D eigenvalue weighted by Crippen LogP contribution is 2.17. The Hall–Kier alpha value is -1.42. The molecule has 0 atom stereocenters. The van der Waals surface area contributed by atoms with Gasteiger partial charge in [-0.05, 0) is 25.0 Å². The van der Waals surface area contributed by atoms with Gasteiger partial charge in [-0.3, -0.25) is 4.98 Å². The summed E-state index contributed by atoms with van der Waals surface area (Å²) in [5.41, 5.74) is 1.14. The van der Waals surface area contributed by atoms with Crippen molar-refractivity contribution >= 4 is 5.97 Å². The molecule has 0 amide bonds. The normalized spacial score (nSPS) is 16.5. The minimum atomic E-state index is -0.928. The molecule has 1 aromatic heterocycles. The van der Waals surface area contributed by atoms with Crippen molar-refractivity contribution in [3.05, 3.63) is 29.6 Å². The summed E-state index contributed by atoms with van der Waals surface area (Å²) >= 11 is 0. The predicted octanol–water partition coefficient (Wildman–Crippen LogP) is 1.81. The van der Waals surface area contributed by atoms with Gasteiger partial charge < -0.3 is 10.4 Å². The Morgan fingerprint density at radius 2 is 2.19 bits per heavy atom. The fourth-order valence-corrected chi connectivity index (χ4v) is 2.03. The SMILES string of the molecule is O=C(O)c1ccc(CNC2CCCC2)nc1. The van der Waals surface area contributed by atoms with Crippen LogP contribution >= 0.6 is 0 Å². The summed E-state index contributed by atoms with van der Waals surface area (Å²) in [6.45, 7) is 0.727. The molecule has 0 spiro atoms. The maximum absolute atomic E-state index is 10.6. The van der Waals surface area contributed by atoms with Crippen molar-refractivity contribution in [2.24, 2.45) is 0 Å². The molecule has 0 aliphatic heterocycles. The molecule has 1 aromatic rings.